The van der Waals surface area contributed by atoms with Crippen LogP contribution in [0.25, 0.3) is 0 Å². The average molecular weight is 275 g/mol. The fraction of sp³-hybridized carbons (Fsp3) is 0.615. The molecule has 1 heterocycles. The predicted octanol–water partition coefficient (Wildman–Crippen LogP) is 2.42. The molecule has 0 amide bonds. The minimum Gasteiger partial charge on any atom is -0.393 e. The molecule has 1 aliphatic carbocycles. The first kappa shape index (κ1) is 14.1. The monoisotopic (exact) mass is 275 g/mol. The van der Waals surface area contributed by atoms with Crippen LogP contribution in [0.15, 0.2) is 23.0 Å². The molecule has 0 saturated heterocycles. The summed E-state index contributed by atoms with van der Waals surface area (Å²) in [5.74, 6) is -1.57. The van der Waals surface area contributed by atoms with Crippen LogP contribution in [0.4, 0.5) is 13.2 Å². The molecule has 6 heteroatoms. The Morgan fingerprint density at radius 1 is 1.32 bits per heavy atom. The van der Waals surface area contributed by atoms with Gasteiger partial charge in [0.1, 0.15) is 0 Å². The number of nitrogens with zero attached hydrogens (tertiary/aromatic N) is 1. The molecule has 0 bridgehead atoms. The molecule has 1 fully saturated rings. The molecular weight excluding hydrogens is 259 g/mol. The number of halogens is 3. The highest BCUT2D eigenvalue weighted by molar-refractivity contribution is 5.07. The molecule has 3 unspecified atom stereocenters. The molecule has 0 spiro atoms. The van der Waals surface area contributed by atoms with Crippen LogP contribution in [0.2, 0.25) is 0 Å². The first-order valence-corrected chi connectivity index (χ1v) is 6.23. The van der Waals surface area contributed by atoms with Crippen LogP contribution in [0.5, 0.6) is 0 Å². The summed E-state index contributed by atoms with van der Waals surface area (Å²) in [5.41, 5.74) is 0.0363. The van der Waals surface area contributed by atoms with Gasteiger partial charge in [0, 0.05) is 11.8 Å². The molecule has 3 atom stereocenters. The number of aliphatic hydroxyl groups is 1. The van der Waals surface area contributed by atoms with Gasteiger partial charge >= 0.3 is 6.18 Å². The molecule has 0 aromatic carbocycles. The van der Waals surface area contributed by atoms with Crippen LogP contribution < -0.4 is 5.56 Å². The van der Waals surface area contributed by atoms with E-state index in [2.05, 4.69) is 0 Å². The minimum absolute atomic E-state index is 0.0328. The van der Waals surface area contributed by atoms with Gasteiger partial charge in [-0.25, -0.2) is 0 Å². The summed E-state index contributed by atoms with van der Waals surface area (Å²) in [6.07, 6.45) is -5.19. The fourth-order valence-corrected chi connectivity index (χ4v) is 2.82. The Hall–Kier alpha value is -1.30. The maximum absolute atomic E-state index is 13.1. The van der Waals surface area contributed by atoms with Gasteiger partial charge in [-0.05, 0) is 32.3 Å². The Morgan fingerprint density at radius 2 is 2.00 bits per heavy atom. The summed E-state index contributed by atoms with van der Waals surface area (Å²) >= 11 is 0. The second-order valence-corrected chi connectivity index (χ2v) is 5.06. The first-order chi connectivity index (χ1) is 8.80. The molecule has 1 aliphatic rings. The SMILES string of the molecule is Cc1cccc(=O)n1C1CC(O)CCC1C(F)(F)F. The van der Waals surface area contributed by atoms with Crippen LogP contribution in [0.3, 0.4) is 0 Å². The Bertz CT molecular complexity index is 509. The van der Waals surface area contributed by atoms with E-state index in [1.165, 1.54) is 16.7 Å². The van der Waals surface area contributed by atoms with Gasteiger partial charge in [0.15, 0.2) is 0 Å². The third-order valence-corrected chi connectivity index (χ3v) is 3.73. The third-order valence-electron chi connectivity index (χ3n) is 3.73. The second-order valence-electron chi connectivity index (χ2n) is 5.06. The van der Waals surface area contributed by atoms with Crippen molar-refractivity contribution < 1.29 is 18.3 Å². The van der Waals surface area contributed by atoms with Crippen LogP contribution in [-0.2, 0) is 0 Å². The van der Waals surface area contributed by atoms with Crippen molar-refractivity contribution in [2.45, 2.75) is 44.5 Å². The molecule has 106 valence electrons. The lowest BCUT2D eigenvalue weighted by Crippen LogP contribution is -2.42. The van der Waals surface area contributed by atoms with Crippen molar-refractivity contribution in [1.82, 2.24) is 4.57 Å². The molecule has 1 aromatic heterocycles. The van der Waals surface area contributed by atoms with E-state index in [0.29, 0.717) is 5.69 Å². The lowest BCUT2D eigenvalue weighted by molar-refractivity contribution is -0.199. The highest BCUT2D eigenvalue weighted by atomic mass is 19.4. The van der Waals surface area contributed by atoms with Crippen molar-refractivity contribution in [3.8, 4) is 0 Å². The Kier molecular flexibility index (Phi) is 3.71. The van der Waals surface area contributed by atoms with E-state index in [1.807, 2.05) is 0 Å². The standard InChI is InChI=1S/C13H16F3NO2/c1-8-3-2-4-12(19)17(8)11-7-9(18)5-6-10(11)13(14,15)16/h2-4,9-11,18H,5-7H2,1H3. The maximum Gasteiger partial charge on any atom is 0.393 e. The summed E-state index contributed by atoms with van der Waals surface area (Å²) in [7, 11) is 0. The zero-order chi connectivity index (χ0) is 14.2. The topological polar surface area (TPSA) is 42.2 Å². The van der Waals surface area contributed by atoms with Gasteiger partial charge in [0.25, 0.3) is 5.56 Å². The highest BCUT2D eigenvalue weighted by Crippen LogP contribution is 2.43. The quantitative estimate of drug-likeness (QED) is 0.855. The van der Waals surface area contributed by atoms with E-state index in [1.54, 1.807) is 13.0 Å². The Balaban J connectivity index is 2.46. The van der Waals surface area contributed by atoms with Crippen molar-refractivity contribution in [3.05, 3.63) is 34.2 Å². The number of pyridine rings is 1. The van der Waals surface area contributed by atoms with Crippen molar-refractivity contribution in [2.24, 2.45) is 5.92 Å². The Labute approximate surface area is 108 Å². The van der Waals surface area contributed by atoms with Crippen molar-refractivity contribution in [1.29, 1.82) is 0 Å². The average Bonchev–Trinajstić information content (AvgIpc) is 2.27. The van der Waals surface area contributed by atoms with Gasteiger partial charge in [0.05, 0.1) is 18.1 Å². The van der Waals surface area contributed by atoms with Crippen molar-refractivity contribution in [3.63, 3.8) is 0 Å². The van der Waals surface area contributed by atoms with Gasteiger partial charge in [-0.2, -0.15) is 13.2 Å². The summed E-state index contributed by atoms with van der Waals surface area (Å²) in [6, 6.07) is 3.37. The zero-order valence-electron chi connectivity index (χ0n) is 10.5. The van der Waals surface area contributed by atoms with Gasteiger partial charge in [-0.3, -0.25) is 4.79 Å². The van der Waals surface area contributed by atoms with Gasteiger partial charge < -0.3 is 9.67 Å². The summed E-state index contributed by atoms with van der Waals surface area (Å²) in [5, 5.41) is 9.62. The molecular formula is C13H16F3NO2. The molecule has 1 aromatic rings. The maximum atomic E-state index is 13.1. The number of hydrogen-bond acceptors (Lipinski definition) is 2. The first-order valence-electron chi connectivity index (χ1n) is 6.23. The number of aliphatic hydroxyl groups excluding tert-OH is 1. The van der Waals surface area contributed by atoms with Crippen molar-refractivity contribution >= 4 is 0 Å². The van der Waals surface area contributed by atoms with Crippen LogP contribution in [0.1, 0.15) is 31.0 Å². The van der Waals surface area contributed by atoms with Gasteiger partial charge in [-0.1, -0.05) is 6.07 Å². The van der Waals surface area contributed by atoms with E-state index < -0.39 is 29.8 Å². The number of alkyl halides is 3. The summed E-state index contributed by atoms with van der Waals surface area (Å²) in [4.78, 5) is 11.8. The van der Waals surface area contributed by atoms with E-state index in [-0.39, 0.29) is 19.3 Å². The van der Waals surface area contributed by atoms with E-state index >= 15 is 0 Å². The van der Waals surface area contributed by atoms with Crippen LogP contribution in [-0.4, -0.2) is 22.0 Å². The number of hydrogen-bond donors (Lipinski definition) is 1. The molecule has 2 rings (SSSR count). The largest absolute Gasteiger partial charge is 0.393 e. The van der Waals surface area contributed by atoms with Gasteiger partial charge in [0.2, 0.25) is 0 Å². The molecule has 1 saturated carbocycles. The Morgan fingerprint density at radius 3 is 2.58 bits per heavy atom. The van der Waals surface area contributed by atoms with Crippen molar-refractivity contribution in [2.75, 3.05) is 0 Å². The molecule has 3 nitrogen and oxygen atoms in total. The molecule has 0 radical (unpaired) electrons. The van der Waals surface area contributed by atoms with E-state index in [4.69, 9.17) is 0 Å². The number of aryl methyl sites for hydroxylation is 1. The molecule has 1 N–H and O–H groups in total. The van der Waals surface area contributed by atoms with Crippen LogP contribution in [0, 0.1) is 12.8 Å². The predicted molar refractivity (Wildman–Crippen MR) is 63.9 cm³/mol. The number of aromatic nitrogens is 1. The third kappa shape index (κ3) is 2.83. The number of rotatable bonds is 1. The lowest BCUT2D eigenvalue weighted by Gasteiger charge is -2.37. The van der Waals surface area contributed by atoms with E-state index in [0.717, 1.165) is 0 Å². The normalized spacial score (nSPS) is 28.4. The highest BCUT2D eigenvalue weighted by Gasteiger charge is 2.48. The summed E-state index contributed by atoms with van der Waals surface area (Å²) < 4.78 is 40.4. The lowest BCUT2D eigenvalue weighted by atomic mass is 9.82. The second kappa shape index (κ2) is 5.00. The minimum atomic E-state index is -4.35. The van der Waals surface area contributed by atoms with Crippen LogP contribution >= 0.6 is 0 Å². The zero-order valence-corrected chi connectivity index (χ0v) is 10.5. The van der Waals surface area contributed by atoms with E-state index in [9.17, 15) is 23.1 Å². The van der Waals surface area contributed by atoms with Gasteiger partial charge in [-0.15, -0.1) is 0 Å². The molecule has 0 aliphatic heterocycles. The fourth-order valence-electron chi connectivity index (χ4n) is 2.82. The molecule has 19 heavy (non-hydrogen) atoms. The summed E-state index contributed by atoms with van der Waals surface area (Å²) in [6.45, 7) is 1.61. The smallest absolute Gasteiger partial charge is 0.393 e.